The molecule has 0 aliphatic carbocycles. The number of piperidine rings is 1. The van der Waals surface area contributed by atoms with E-state index in [1.54, 1.807) is 7.05 Å². The first kappa shape index (κ1) is 13.3. The van der Waals surface area contributed by atoms with E-state index in [0.29, 0.717) is 5.96 Å². The summed E-state index contributed by atoms with van der Waals surface area (Å²) in [5, 5.41) is 10.5. The van der Waals surface area contributed by atoms with E-state index in [9.17, 15) is 0 Å². The predicted octanol–water partition coefficient (Wildman–Crippen LogP) is 1.19. The molecule has 16 heavy (non-hydrogen) atoms. The van der Waals surface area contributed by atoms with Gasteiger partial charge in [-0.2, -0.15) is 0 Å². The van der Waals surface area contributed by atoms with E-state index in [2.05, 4.69) is 17.3 Å². The quantitative estimate of drug-likeness (QED) is 0.559. The molecule has 0 radical (unpaired) electrons. The molecule has 1 fully saturated rings. The third-order valence-electron chi connectivity index (χ3n) is 3.56. The maximum atomic E-state index is 7.60. The minimum Gasteiger partial charge on any atom is -0.359 e. The van der Waals surface area contributed by atoms with Gasteiger partial charge in [0.25, 0.3) is 0 Å². The number of guanidine groups is 1. The van der Waals surface area contributed by atoms with Crippen molar-refractivity contribution in [2.45, 2.75) is 25.7 Å². The molecular weight excluding hydrogens is 200 g/mol. The molecule has 94 valence electrons. The Bertz CT molecular complexity index is 209. The largest absolute Gasteiger partial charge is 0.359 e. The molecule has 0 amide bonds. The number of nitrogens with one attached hydrogen (secondary N) is 2. The molecule has 0 aromatic rings. The third kappa shape index (κ3) is 4.39. The molecule has 0 saturated carbocycles. The lowest BCUT2D eigenvalue weighted by Crippen LogP contribution is -2.36. The van der Waals surface area contributed by atoms with Crippen LogP contribution < -0.4 is 5.32 Å². The minimum absolute atomic E-state index is 0.517. The van der Waals surface area contributed by atoms with E-state index in [-0.39, 0.29) is 0 Å². The lowest BCUT2D eigenvalue weighted by Gasteiger charge is -2.29. The Labute approximate surface area is 99.5 Å². The van der Waals surface area contributed by atoms with Gasteiger partial charge >= 0.3 is 0 Å². The highest BCUT2D eigenvalue weighted by Gasteiger charge is 2.16. The minimum atomic E-state index is 0.517. The number of likely N-dealkylation sites (tertiary alicyclic amines) is 1. The van der Waals surface area contributed by atoms with Crippen LogP contribution in [0.4, 0.5) is 0 Å². The molecule has 1 heterocycles. The molecule has 4 nitrogen and oxygen atoms in total. The van der Waals surface area contributed by atoms with Gasteiger partial charge < -0.3 is 15.1 Å². The van der Waals surface area contributed by atoms with Gasteiger partial charge in [0.1, 0.15) is 0 Å². The Kier molecular flexibility index (Phi) is 5.60. The summed E-state index contributed by atoms with van der Waals surface area (Å²) in [5.74, 6) is 1.43. The van der Waals surface area contributed by atoms with Crippen LogP contribution in [-0.4, -0.2) is 56.5 Å². The van der Waals surface area contributed by atoms with Crippen LogP contribution in [-0.2, 0) is 0 Å². The predicted molar refractivity (Wildman–Crippen MR) is 68.9 cm³/mol. The lowest BCUT2D eigenvalue weighted by molar-refractivity contribution is 0.208. The van der Waals surface area contributed by atoms with Gasteiger partial charge in [-0.1, -0.05) is 0 Å². The molecule has 2 N–H and O–H groups in total. The van der Waals surface area contributed by atoms with Crippen LogP contribution in [0.1, 0.15) is 25.7 Å². The fourth-order valence-electron chi connectivity index (χ4n) is 2.27. The Morgan fingerprint density at radius 1 is 1.44 bits per heavy atom. The van der Waals surface area contributed by atoms with Crippen molar-refractivity contribution < 1.29 is 0 Å². The van der Waals surface area contributed by atoms with E-state index in [1.165, 1.54) is 38.8 Å². The van der Waals surface area contributed by atoms with Crippen molar-refractivity contribution in [1.82, 2.24) is 15.1 Å². The molecule has 4 heteroatoms. The number of hydrogen-bond donors (Lipinski definition) is 2. The summed E-state index contributed by atoms with van der Waals surface area (Å²) >= 11 is 0. The van der Waals surface area contributed by atoms with Crippen LogP contribution in [0.15, 0.2) is 0 Å². The smallest absolute Gasteiger partial charge is 0.190 e. The summed E-state index contributed by atoms with van der Waals surface area (Å²) in [6, 6.07) is 0. The fraction of sp³-hybridized carbons (Fsp3) is 0.917. The topological polar surface area (TPSA) is 42.4 Å². The molecule has 0 aromatic heterocycles. The van der Waals surface area contributed by atoms with Crippen LogP contribution >= 0.6 is 0 Å². The van der Waals surface area contributed by atoms with Crippen molar-refractivity contribution in [2.75, 3.05) is 40.8 Å². The van der Waals surface area contributed by atoms with Gasteiger partial charge in [0, 0.05) is 20.6 Å². The molecule has 0 bridgehead atoms. The summed E-state index contributed by atoms with van der Waals surface area (Å²) in [5.41, 5.74) is 0. The molecule has 1 aliphatic heterocycles. The summed E-state index contributed by atoms with van der Waals surface area (Å²) in [7, 11) is 5.99. The van der Waals surface area contributed by atoms with E-state index < -0.39 is 0 Å². The first-order valence-corrected chi connectivity index (χ1v) is 6.29. The normalized spacial score (nSPS) is 18.4. The van der Waals surface area contributed by atoms with Crippen LogP contribution in [0.5, 0.6) is 0 Å². The fourth-order valence-corrected chi connectivity index (χ4v) is 2.27. The van der Waals surface area contributed by atoms with Crippen molar-refractivity contribution >= 4 is 5.96 Å². The lowest BCUT2D eigenvalue weighted by atomic mass is 9.92. The second-order valence-corrected chi connectivity index (χ2v) is 4.91. The molecule has 0 atom stereocenters. The molecule has 0 spiro atoms. The van der Waals surface area contributed by atoms with Crippen LogP contribution in [0, 0.1) is 11.3 Å². The molecular formula is C12H26N4. The molecule has 0 aromatic carbocycles. The van der Waals surface area contributed by atoms with Crippen LogP contribution in [0.2, 0.25) is 0 Å². The van der Waals surface area contributed by atoms with E-state index in [0.717, 1.165) is 12.5 Å². The van der Waals surface area contributed by atoms with E-state index in [4.69, 9.17) is 5.41 Å². The second kappa shape index (κ2) is 6.74. The summed E-state index contributed by atoms with van der Waals surface area (Å²) in [6.45, 7) is 3.51. The Morgan fingerprint density at radius 3 is 2.62 bits per heavy atom. The summed E-state index contributed by atoms with van der Waals surface area (Å²) in [6.07, 6.45) is 5.22. The average Bonchev–Trinajstić information content (AvgIpc) is 2.30. The van der Waals surface area contributed by atoms with E-state index in [1.807, 2.05) is 11.9 Å². The van der Waals surface area contributed by atoms with E-state index >= 15 is 0 Å². The van der Waals surface area contributed by atoms with Gasteiger partial charge in [-0.15, -0.1) is 0 Å². The number of nitrogens with zero attached hydrogens (tertiary/aromatic N) is 2. The number of rotatable bonds is 4. The van der Waals surface area contributed by atoms with Crippen molar-refractivity contribution in [3.63, 3.8) is 0 Å². The van der Waals surface area contributed by atoms with Gasteiger partial charge in [-0.05, 0) is 51.7 Å². The maximum Gasteiger partial charge on any atom is 0.190 e. The van der Waals surface area contributed by atoms with Gasteiger partial charge in [0.15, 0.2) is 5.96 Å². The zero-order chi connectivity index (χ0) is 12.0. The van der Waals surface area contributed by atoms with Crippen molar-refractivity contribution in [3.05, 3.63) is 0 Å². The highest BCUT2D eigenvalue weighted by Crippen LogP contribution is 2.20. The highest BCUT2D eigenvalue weighted by molar-refractivity contribution is 5.75. The average molecular weight is 226 g/mol. The molecule has 1 saturated heterocycles. The maximum absolute atomic E-state index is 7.60. The second-order valence-electron chi connectivity index (χ2n) is 4.91. The van der Waals surface area contributed by atoms with Gasteiger partial charge in [-0.25, -0.2) is 0 Å². The zero-order valence-corrected chi connectivity index (χ0v) is 10.9. The van der Waals surface area contributed by atoms with Crippen molar-refractivity contribution in [1.29, 1.82) is 5.41 Å². The molecule has 1 aliphatic rings. The first-order valence-electron chi connectivity index (χ1n) is 6.29. The zero-order valence-electron chi connectivity index (χ0n) is 10.9. The number of hydrogen-bond acceptors (Lipinski definition) is 2. The standard InChI is InChI=1S/C12H26N4/c1-14-12(13)16(3)8-4-5-11-6-9-15(2)10-7-11/h11H,4-10H2,1-3H3,(H2,13,14). The van der Waals surface area contributed by atoms with Crippen molar-refractivity contribution in [3.8, 4) is 0 Å². The van der Waals surface area contributed by atoms with Gasteiger partial charge in [0.05, 0.1) is 0 Å². The Morgan fingerprint density at radius 2 is 2.06 bits per heavy atom. The van der Waals surface area contributed by atoms with Crippen LogP contribution in [0.25, 0.3) is 0 Å². The van der Waals surface area contributed by atoms with Crippen LogP contribution in [0.3, 0.4) is 0 Å². The van der Waals surface area contributed by atoms with Gasteiger partial charge in [0.2, 0.25) is 0 Å². The van der Waals surface area contributed by atoms with Gasteiger partial charge in [-0.3, -0.25) is 5.41 Å². The monoisotopic (exact) mass is 226 g/mol. The third-order valence-corrected chi connectivity index (χ3v) is 3.56. The van der Waals surface area contributed by atoms with Crippen molar-refractivity contribution in [2.24, 2.45) is 5.92 Å². The molecule has 0 unspecified atom stereocenters. The summed E-state index contributed by atoms with van der Waals surface area (Å²) in [4.78, 5) is 4.40. The Balaban J connectivity index is 2.09. The SMILES string of the molecule is CNC(=N)N(C)CCCC1CCN(C)CC1. The molecule has 1 rings (SSSR count). The highest BCUT2D eigenvalue weighted by atomic mass is 15.2. The first-order chi connectivity index (χ1) is 7.63. The summed E-state index contributed by atoms with van der Waals surface area (Å²) < 4.78 is 0. The Hall–Kier alpha value is -0.770.